The first-order chi connectivity index (χ1) is 12.5. The second-order valence-electron chi connectivity index (χ2n) is 4.98. The van der Waals surface area contributed by atoms with Gasteiger partial charge >= 0.3 is 12.6 Å². The highest BCUT2D eigenvalue weighted by Gasteiger charge is 2.15. The summed E-state index contributed by atoms with van der Waals surface area (Å²) in [7, 11) is 0. The Morgan fingerprint density at radius 3 is 2.77 bits per heavy atom. The molecule has 0 fully saturated rings. The number of alkyl halides is 2. The average molecular weight is 381 g/mol. The molecule has 0 bridgehead atoms. The van der Waals surface area contributed by atoms with Crippen LogP contribution in [0.15, 0.2) is 53.1 Å². The van der Waals surface area contributed by atoms with Gasteiger partial charge in [-0.2, -0.15) is 13.8 Å². The Hall–Kier alpha value is -3.00. The molecule has 0 aliphatic heterocycles. The van der Waals surface area contributed by atoms with E-state index in [4.69, 9.17) is 20.9 Å². The third kappa shape index (κ3) is 4.34. The highest BCUT2D eigenvalue weighted by Crippen LogP contribution is 2.26. The Balaban J connectivity index is 1.64. The van der Waals surface area contributed by atoms with Crippen LogP contribution in [0.1, 0.15) is 16.2 Å². The minimum Gasteiger partial charge on any atom is -0.454 e. The van der Waals surface area contributed by atoms with Crippen molar-refractivity contribution in [2.75, 3.05) is 0 Å². The van der Waals surface area contributed by atoms with Crippen molar-refractivity contribution in [1.29, 1.82) is 0 Å². The molecule has 0 spiro atoms. The van der Waals surface area contributed by atoms with Crippen molar-refractivity contribution in [2.24, 2.45) is 0 Å². The summed E-state index contributed by atoms with van der Waals surface area (Å²) in [6.45, 7) is -3.24. The van der Waals surface area contributed by atoms with Crippen LogP contribution in [-0.4, -0.2) is 22.7 Å². The fourth-order valence-electron chi connectivity index (χ4n) is 2.07. The van der Waals surface area contributed by atoms with Crippen molar-refractivity contribution in [1.82, 2.24) is 10.1 Å². The lowest BCUT2D eigenvalue weighted by atomic mass is 10.2. The predicted octanol–water partition coefficient (Wildman–Crippen LogP) is 4.35. The summed E-state index contributed by atoms with van der Waals surface area (Å²) in [5, 5.41) is 4.15. The molecule has 1 aromatic heterocycles. The molecule has 0 unspecified atom stereocenters. The Bertz CT molecular complexity index is 917. The molecule has 0 atom stereocenters. The van der Waals surface area contributed by atoms with Gasteiger partial charge in [-0.15, -0.1) is 0 Å². The van der Waals surface area contributed by atoms with E-state index in [0.29, 0.717) is 10.6 Å². The van der Waals surface area contributed by atoms with Gasteiger partial charge in [-0.1, -0.05) is 35.0 Å². The zero-order valence-corrected chi connectivity index (χ0v) is 13.8. The van der Waals surface area contributed by atoms with E-state index < -0.39 is 12.6 Å². The topological polar surface area (TPSA) is 74.5 Å². The summed E-state index contributed by atoms with van der Waals surface area (Å²) < 4.78 is 38.8. The Labute approximate surface area is 151 Å². The first-order valence-electron chi connectivity index (χ1n) is 7.32. The summed E-state index contributed by atoms with van der Waals surface area (Å²) in [5.74, 6) is -0.564. The largest absolute Gasteiger partial charge is 0.454 e. The molecule has 0 saturated heterocycles. The van der Waals surface area contributed by atoms with Crippen molar-refractivity contribution >= 4 is 17.6 Å². The van der Waals surface area contributed by atoms with Crippen LogP contribution >= 0.6 is 11.6 Å². The normalized spacial score (nSPS) is 10.8. The lowest BCUT2D eigenvalue weighted by Crippen LogP contribution is -2.07. The van der Waals surface area contributed by atoms with Crippen LogP contribution in [0.2, 0.25) is 5.02 Å². The van der Waals surface area contributed by atoms with E-state index in [1.165, 1.54) is 18.2 Å². The number of rotatable bonds is 6. The van der Waals surface area contributed by atoms with Gasteiger partial charge in [0, 0.05) is 0 Å². The van der Waals surface area contributed by atoms with Crippen LogP contribution in [0, 0.1) is 0 Å². The SMILES string of the molecule is O=C(OCc1noc(-c2ccccc2Cl)n1)c1cccc(OC(F)F)c1. The first kappa shape index (κ1) is 17.8. The van der Waals surface area contributed by atoms with E-state index in [0.717, 1.165) is 6.07 Å². The number of ether oxygens (including phenoxy) is 2. The van der Waals surface area contributed by atoms with Gasteiger partial charge in [0.15, 0.2) is 6.61 Å². The maximum Gasteiger partial charge on any atom is 0.387 e. The summed E-state index contributed by atoms with van der Waals surface area (Å²) in [5.41, 5.74) is 0.606. The molecule has 26 heavy (non-hydrogen) atoms. The van der Waals surface area contributed by atoms with Crippen LogP contribution in [0.4, 0.5) is 8.78 Å². The number of benzene rings is 2. The summed E-state index contributed by atoms with van der Waals surface area (Å²) in [4.78, 5) is 16.1. The molecule has 0 aliphatic carbocycles. The zero-order chi connectivity index (χ0) is 18.5. The minimum atomic E-state index is -2.98. The van der Waals surface area contributed by atoms with E-state index in [-0.39, 0.29) is 29.6 Å². The second-order valence-corrected chi connectivity index (χ2v) is 5.39. The fraction of sp³-hybridized carbons (Fsp3) is 0.118. The van der Waals surface area contributed by atoms with Crippen molar-refractivity contribution in [3.05, 3.63) is 64.9 Å². The van der Waals surface area contributed by atoms with Gasteiger partial charge in [0.2, 0.25) is 5.82 Å². The number of nitrogens with zero attached hydrogens (tertiary/aromatic N) is 2. The van der Waals surface area contributed by atoms with Gasteiger partial charge in [-0.25, -0.2) is 4.79 Å². The Morgan fingerprint density at radius 1 is 1.19 bits per heavy atom. The van der Waals surface area contributed by atoms with Gasteiger partial charge in [-0.05, 0) is 30.3 Å². The van der Waals surface area contributed by atoms with Crippen LogP contribution in [0.3, 0.4) is 0 Å². The van der Waals surface area contributed by atoms with E-state index in [1.807, 2.05) is 0 Å². The van der Waals surface area contributed by atoms with Gasteiger partial charge in [0.25, 0.3) is 5.89 Å². The number of carbonyl (C=O) groups is 1. The predicted molar refractivity (Wildman–Crippen MR) is 86.9 cm³/mol. The smallest absolute Gasteiger partial charge is 0.387 e. The Kier molecular flexibility index (Phi) is 5.43. The molecule has 9 heteroatoms. The fourth-order valence-corrected chi connectivity index (χ4v) is 2.29. The number of halogens is 3. The van der Waals surface area contributed by atoms with E-state index in [9.17, 15) is 13.6 Å². The Morgan fingerprint density at radius 2 is 2.00 bits per heavy atom. The van der Waals surface area contributed by atoms with Crippen molar-refractivity contribution in [2.45, 2.75) is 13.2 Å². The highest BCUT2D eigenvalue weighted by atomic mass is 35.5. The maximum absolute atomic E-state index is 12.2. The van der Waals surface area contributed by atoms with Crippen molar-refractivity contribution < 1.29 is 27.6 Å². The zero-order valence-electron chi connectivity index (χ0n) is 13.1. The third-order valence-electron chi connectivity index (χ3n) is 3.20. The molecule has 134 valence electrons. The molecule has 0 amide bonds. The monoisotopic (exact) mass is 380 g/mol. The third-order valence-corrected chi connectivity index (χ3v) is 3.53. The van der Waals surface area contributed by atoms with Crippen LogP contribution in [0.5, 0.6) is 5.75 Å². The van der Waals surface area contributed by atoms with Crippen molar-refractivity contribution in [3.8, 4) is 17.2 Å². The molecule has 3 rings (SSSR count). The molecule has 6 nitrogen and oxygen atoms in total. The molecule has 0 radical (unpaired) electrons. The summed E-state index contributed by atoms with van der Waals surface area (Å²) in [6.07, 6.45) is 0. The van der Waals surface area contributed by atoms with Crippen LogP contribution in [0.25, 0.3) is 11.5 Å². The van der Waals surface area contributed by atoms with Gasteiger partial charge in [0.05, 0.1) is 16.1 Å². The minimum absolute atomic E-state index is 0.0537. The quantitative estimate of drug-likeness (QED) is 0.592. The second kappa shape index (κ2) is 7.92. The number of aromatic nitrogens is 2. The molecular weight excluding hydrogens is 370 g/mol. The molecule has 0 N–H and O–H groups in total. The van der Waals surface area contributed by atoms with Crippen LogP contribution in [-0.2, 0) is 11.3 Å². The molecule has 2 aromatic carbocycles. The van der Waals surface area contributed by atoms with Crippen LogP contribution < -0.4 is 4.74 Å². The van der Waals surface area contributed by atoms with E-state index in [2.05, 4.69) is 14.9 Å². The summed E-state index contributed by atoms with van der Waals surface area (Å²) >= 11 is 6.05. The van der Waals surface area contributed by atoms with Gasteiger partial charge < -0.3 is 14.0 Å². The van der Waals surface area contributed by atoms with Gasteiger partial charge in [0.1, 0.15) is 5.75 Å². The molecule has 1 heterocycles. The highest BCUT2D eigenvalue weighted by molar-refractivity contribution is 6.33. The van der Waals surface area contributed by atoms with Crippen molar-refractivity contribution in [3.63, 3.8) is 0 Å². The number of esters is 1. The molecule has 0 aliphatic rings. The lowest BCUT2D eigenvalue weighted by Gasteiger charge is -2.06. The number of hydrogen-bond acceptors (Lipinski definition) is 6. The number of carbonyl (C=O) groups excluding carboxylic acids is 1. The number of hydrogen-bond donors (Lipinski definition) is 0. The lowest BCUT2D eigenvalue weighted by molar-refractivity contribution is -0.0499. The van der Waals surface area contributed by atoms with Gasteiger partial charge in [-0.3, -0.25) is 0 Å². The molecule has 0 saturated carbocycles. The first-order valence-corrected chi connectivity index (χ1v) is 7.70. The molecular formula is C17H11ClF2N2O4. The molecule has 3 aromatic rings. The van der Waals surface area contributed by atoms with E-state index >= 15 is 0 Å². The average Bonchev–Trinajstić information content (AvgIpc) is 3.08. The standard InChI is InChI=1S/C17H11ClF2N2O4/c18-13-7-2-1-6-12(13)15-21-14(22-26-15)9-24-16(23)10-4-3-5-11(8-10)25-17(19)20/h1-8,17H,9H2. The maximum atomic E-state index is 12.2. The summed E-state index contributed by atoms with van der Waals surface area (Å²) in [6, 6.07) is 12.2. The van der Waals surface area contributed by atoms with E-state index in [1.54, 1.807) is 24.3 Å².